The lowest BCUT2D eigenvalue weighted by Gasteiger charge is -2.17. The van der Waals surface area contributed by atoms with Crippen LogP contribution in [0, 0.1) is 6.92 Å². The normalized spacial score (nSPS) is 19.6. The first kappa shape index (κ1) is 14.0. The number of likely N-dealkylation sites (tertiary alicyclic amines) is 1. The highest BCUT2D eigenvalue weighted by molar-refractivity contribution is 5.93. The van der Waals surface area contributed by atoms with Crippen LogP contribution in [0.5, 0.6) is 0 Å². The van der Waals surface area contributed by atoms with Crippen LogP contribution in [-0.4, -0.2) is 41.7 Å². The number of β-amino-alcohol motifs (C(OH)–C–C–N with tert-alkyl or cyclic N) is 1. The Balaban J connectivity index is 1.99. The molecule has 2 N–H and O–H groups in total. The maximum absolute atomic E-state index is 12.1. The fraction of sp³-hybridized carbons (Fsp3) is 0.533. The molecule has 0 spiro atoms. The average molecular weight is 262 g/mol. The third-order valence-corrected chi connectivity index (χ3v) is 3.62. The van der Waals surface area contributed by atoms with Gasteiger partial charge in [0.1, 0.15) is 0 Å². The zero-order chi connectivity index (χ0) is 13.8. The first-order valence-corrected chi connectivity index (χ1v) is 6.89. The molecule has 1 fully saturated rings. The van der Waals surface area contributed by atoms with Gasteiger partial charge in [-0.2, -0.15) is 0 Å². The highest BCUT2D eigenvalue weighted by Crippen LogP contribution is 2.21. The number of amides is 1. The van der Waals surface area contributed by atoms with E-state index in [9.17, 15) is 9.90 Å². The summed E-state index contributed by atoms with van der Waals surface area (Å²) in [5.74, 6) is -0.00176. The summed E-state index contributed by atoms with van der Waals surface area (Å²) in [6.07, 6.45) is 1.38. The van der Waals surface area contributed by atoms with Crippen molar-refractivity contribution in [2.24, 2.45) is 0 Å². The van der Waals surface area contributed by atoms with Gasteiger partial charge < -0.3 is 10.4 Å². The van der Waals surface area contributed by atoms with E-state index in [-0.39, 0.29) is 12.0 Å². The molecule has 0 aromatic heterocycles. The molecular formula is C15H22N2O2. The van der Waals surface area contributed by atoms with Gasteiger partial charge in [0.05, 0.1) is 12.6 Å². The monoisotopic (exact) mass is 262 g/mol. The molecule has 4 heteroatoms. The molecule has 0 unspecified atom stereocenters. The molecule has 1 aromatic rings. The van der Waals surface area contributed by atoms with Crippen LogP contribution in [0.4, 0.5) is 5.69 Å². The molecule has 0 saturated carbocycles. The Labute approximate surface area is 114 Å². The molecule has 104 valence electrons. The van der Waals surface area contributed by atoms with Crippen molar-refractivity contribution in [2.45, 2.75) is 32.8 Å². The topological polar surface area (TPSA) is 52.6 Å². The summed E-state index contributed by atoms with van der Waals surface area (Å²) in [6, 6.07) is 6.07. The van der Waals surface area contributed by atoms with Crippen molar-refractivity contribution >= 4 is 11.6 Å². The van der Waals surface area contributed by atoms with Crippen molar-refractivity contribution in [3.63, 3.8) is 0 Å². The van der Waals surface area contributed by atoms with E-state index in [2.05, 4.69) is 12.2 Å². The minimum absolute atomic E-state index is 0.00176. The van der Waals surface area contributed by atoms with Crippen LogP contribution in [0.1, 0.15) is 24.5 Å². The molecule has 1 amide bonds. The van der Waals surface area contributed by atoms with Crippen molar-refractivity contribution in [2.75, 3.05) is 25.0 Å². The van der Waals surface area contributed by atoms with Gasteiger partial charge in [0.25, 0.3) is 0 Å². The second-order valence-corrected chi connectivity index (χ2v) is 5.19. The zero-order valence-corrected chi connectivity index (χ0v) is 11.6. The number of rotatable bonds is 4. The molecule has 0 radical (unpaired) electrons. The lowest BCUT2D eigenvalue weighted by Crippen LogP contribution is -2.32. The van der Waals surface area contributed by atoms with E-state index >= 15 is 0 Å². The highest BCUT2D eigenvalue weighted by Gasteiger charge is 2.22. The molecule has 1 atom stereocenters. The van der Waals surface area contributed by atoms with E-state index in [0.717, 1.165) is 36.2 Å². The van der Waals surface area contributed by atoms with Gasteiger partial charge >= 0.3 is 0 Å². The van der Waals surface area contributed by atoms with Crippen LogP contribution in [0.3, 0.4) is 0 Å². The predicted molar refractivity (Wildman–Crippen MR) is 76.3 cm³/mol. The third-order valence-electron chi connectivity index (χ3n) is 3.62. The van der Waals surface area contributed by atoms with Crippen LogP contribution >= 0.6 is 0 Å². The summed E-state index contributed by atoms with van der Waals surface area (Å²) < 4.78 is 0. The average Bonchev–Trinajstić information content (AvgIpc) is 2.77. The number of nitrogens with zero attached hydrogens (tertiary/aromatic N) is 1. The quantitative estimate of drug-likeness (QED) is 0.866. The van der Waals surface area contributed by atoms with Gasteiger partial charge in [0, 0.05) is 18.8 Å². The molecule has 19 heavy (non-hydrogen) atoms. The Morgan fingerprint density at radius 1 is 1.53 bits per heavy atom. The lowest BCUT2D eigenvalue weighted by molar-refractivity contribution is -0.117. The summed E-state index contributed by atoms with van der Waals surface area (Å²) in [5, 5.41) is 12.5. The molecule has 1 aliphatic rings. The maximum Gasteiger partial charge on any atom is 0.238 e. The number of aliphatic hydroxyl groups is 1. The fourth-order valence-corrected chi connectivity index (χ4v) is 2.54. The van der Waals surface area contributed by atoms with E-state index in [4.69, 9.17) is 0 Å². The third kappa shape index (κ3) is 3.55. The van der Waals surface area contributed by atoms with Crippen molar-refractivity contribution in [3.05, 3.63) is 29.3 Å². The van der Waals surface area contributed by atoms with Crippen LogP contribution < -0.4 is 5.32 Å². The van der Waals surface area contributed by atoms with Crippen molar-refractivity contribution in [1.29, 1.82) is 0 Å². The van der Waals surface area contributed by atoms with E-state index < -0.39 is 0 Å². The molecule has 1 saturated heterocycles. The summed E-state index contributed by atoms with van der Waals surface area (Å²) in [5.41, 5.74) is 3.19. The number of benzene rings is 1. The summed E-state index contributed by atoms with van der Waals surface area (Å²) in [6.45, 7) is 5.84. The Morgan fingerprint density at radius 3 is 2.95 bits per heavy atom. The molecule has 1 aliphatic heterocycles. The number of hydrogen-bond acceptors (Lipinski definition) is 3. The molecule has 0 bridgehead atoms. The van der Waals surface area contributed by atoms with Gasteiger partial charge in [-0.25, -0.2) is 0 Å². The number of hydrogen-bond donors (Lipinski definition) is 2. The van der Waals surface area contributed by atoms with Crippen molar-refractivity contribution in [1.82, 2.24) is 4.90 Å². The summed E-state index contributed by atoms with van der Waals surface area (Å²) in [7, 11) is 0. The standard InChI is InChI=1S/C15H22N2O2/c1-3-12-6-4-5-11(2)15(12)16-14(19)10-17-8-7-13(18)9-17/h4-6,13,18H,3,7-10H2,1-2H3,(H,16,19)/t13-/m0/s1. The van der Waals surface area contributed by atoms with E-state index in [1.165, 1.54) is 0 Å². The molecule has 2 rings (SSSR count). The zero-order valence-electron chi connectivity index (χ0n) is 11.6. The summed E-state index contributed by atoms with van der Waals surface area (Å²) in [4.78, 5) is 14.1. The van der Waals surface area contributed by atoms with Crippen LogP contribution in [-0.2, 0) is 11.2 Å². The molecular weight excluding hydrogens is 240 g/mol. The predicted octanol–water partition coefficient (Wildman–Crippen LogP) is 1.56. The van der Waals surface area contributed by atoms with Gasteiger partial charge in [-0.15, -0.1) is 0 Å². The summed E-state index contributed by atoms with van der Waals surface area (Å²) >= 11 is 0. The van der Waals surface area contributed by atoms with Gasteiger partial charge in [0.2, 0.25) is 5.91 Å². The minimum Gasteiger partial charge on any atom is -0.392 e. The number of aliphatic hydroxyl groups excluding tert-OH is 1. The molecule has 1 heterocycles. The maximum atomic E-state index is 12.1. The number of nitrogens with one attached hydrogen (secondary N) is 1. The fourth-order valence-electron chi connectivity index (χ4n) is 2.54. The number of carbonyl (C=O) groups excluding carboxylic acids is 1. The Morgan fingerprint density at radius 2 is 2.32 bits per heavy atom. The van der Waals surface area contributed by atoms with Crippen LogP contribution in [0.2, 0.25) is 0 Å². The smallest absolute Gasteiger partial charge is 0.238 e. The first-order chi connectivity index (χ1) is 9.10. The van der Waals surface area contributed by atoms with Gasteiger partial charge in [-0.05, 0) is 30.9 Å². The second kappa shape index (κ2) is 6.17. The second-order valence-electron chi connectivity index (χ2n) is 5.19. The number of aryl methyl sites for hydroxylation is 2. The van der Waals surface area contributed by atoms with Crippen LogP contribution in [0.25, 0.3) is 0 Å². The van der Waals surface area contributed by atoms with Crippen LogP contribution in [0.15, 0.2) is 18.2 Å². The lowest BCUT2D eigenvalue weighted by atomic mass is 10.1. The molecule has 1 aromatic carbocycles. The van der Waals surface area contributed by atoms with Gasteiger partial charge in [0.15, 0.2) is 0 Å². The number of anilines is 1. The van der Waals surface area contributed by atoms with Crippen molar-refractivity contribution < 1.29 is 9.90 Å². The molecule has 4 nitrogen and oxygen atoms in total. The highest BCUT2D eigenvalue weighted by atomic mass is 16.3. The SMILES string of the molecule is CCc1cccc(C)c1NC(=O)CN1CC[C@H](O)C1. The Kier molecular flexibility index (Phi) is 4.56. The minimum atomic E-state index is -0.280. The van der Waals surface area contributed by atoms with Gasteiger partial charge in [-0.3, -0.25) is 9.69 Å². The van der Waals surface area contributed by atoms with E-state index in [0.29, 0.717) is 13.1 Å². The van der Waals surface area contributed by atoms with E-state index in [1.54, 1.807) is 0 Å². The number of carbonyl (C=O) groups is 1. The molecule has 0 aliphatic carbocycles. The van der Waals surface area contributed by atoms with Gasteiger partial charge in [-0.1, -0.05) is 25.1 Å². The largest absolute Gasteiger partial charge is 0.392 e. The number of para-hydroxylation sites is 1. The Hall–Kier alpha value is -1.39. The first-order valence-electron chi connectivity index (χ1n) is 6.89. The van der Waals surface area contributed by atoms with Crippen molar-refractivity contribution in [3.8, 4) is 0 Å². The Bertz CT molecular complexity index is 459. The van der Waals surface area contributed by atoms with E-state index in [1.807, 2.05) is 30.0 Å².